The first-order valence-electron chi connectivity index (χ1n) is 9.71. The van der Waals surface area contributed by atoms with Crippen molar-refractivity contribution in [3.63, 3.8) is 0 Å². The van der Waals surface area contributed by atoms with Crippen LogP contribution in [0.3, 0.4) is 0 Å². The molecule has 0 heterocycles. The van der Waals surface area contributed by atoms with Crippen LogP contribution < -0.4 is 5.73 Å². The summed E-state index contributed by atoms with van der Waals surface area (Å²) in [4.78, 5) is 12.9. The third kappa shape index (κ3) is 7.33. The lowest BCUT2D eigenvalue weighted by molar-refractivity contribution is -0.119. The molecular formula is C23H39NO2. The van der Waals surface area contributed by atoms with E-state index in [1.165, 1.54) is 11.1 Å². The number of carbonyl (C=O) groups is 1. The summed E-state index contributed by atoms with van der Waals surface area (Å²) in [6.07, 6.45) is 6.65. The van der Waals surface area contributed by atoms with Crippen LogP contribution in [0.25, 0.3) is 0 Å². The predicted octanol–water partition coefficient (Wildman–Crippen LogP) is 5.89. The fraction of sp³-hybridized carbons (Fsp3) is 0.609. The van der Waals surface area contributed by atoms with Gasteiger partial charge in [-0.25, -0.2) is 0 Å². The molecule has 0 aromatic carbocycles. The SMILES string of the molecule is C=C(C1=C(O)C(CC=C(C)C)C(CCC=C(C)C)C1=O)C(C)C.CCN. The van der Waals surface area contributed by atoms with E-state index in [0.29, 0.717) is 12.0 Å². The normalized spacial score (nSPS) is 19.2. The van der Waals surface area contributed by atoms with E-state index in [9.17, 15) is 9.90 Å². The molecule has 3 N–H and O–H groups in total. The van der Waals surface area contributed by atoms with Crippen LogP contribution in [-0.2, 0) is 4.79 Å². The number of ketones is 1. The van der Waals surface area contributed by atoms with Crippen molar-refractivity contribution in [2.45, 2.75) is 67.7 Å². The van der Waals surface area contributed by atoms with Crippen molar-refractivity contribution in [2.24, 2.45) is 23.5 Å². The van der Waals surface area contributed by atoms with Crippen molar-refractivity contribution in [2.75, 3.05) is 6.54 Å². The first kappa shape index (κ1) is 24.4. The van der Waals surface area contributed by atoms with E-state index in [-0.39, 0.29) is 29.3 Å². The van der Waals surface area contributed by atoms with E-state index in [2.05, 4.69) is 32.6 Å². The van der Waals surface area contributed by atoms with Crippen LogP contribution in [-0.4, -0.2) is 17.4 Å². The lowest BCUT2D eigenvalue weighted by Crippen LogP contribution is -2.18. The van der Waals surface area contributed by atoms with E-state index < -0.39 is 0 Å². The summed E-state index contributed by atoms with van der Waals surface area (Å²) >= 11 is 0. The largest absolute Gasteiger partial charge is 0.511 e. The summed E-state index contributed by atoms with van der Waals surface area (Å²) in [5.41, 5.74) is 8.58. The van der Waals surface area contributed by atoms with Crippen molar-refractivity contribution in [1.82, 2.24) is 0 Å². The van der Waals surface area contributed by atoms with Crippen LogP contribution in [0.2, 0.25) is 0 Å². The average molecular weight is 362 g/mol. The highest BCUT2D eigenvalue weighted by atomic mass is 16.3. The second-order valence-corrected chi connectivity index (χ2v) is 7.80. The first-order valence-corrected chi connectivity index (χ1v) is 9.71. The van der Waals surface area contributed by atoms with Gasteiger partial charge in [-0.2, -0.15) is 0 Å². The van der Waals surface area contributed by atoms with Crippen molar-refractivity contribution < 1.29 is 9.90 Å². The van der Waals surface area contributed by atoms with Crippen molar-refractivity contribution in [3.8, 4) is 0 Å². The quantitative estimate of drug-likeness (QED) is 0.555. The summed E-state index contributed by atoms with van der Waals surface area (Å²) in [6.45, 7) is 18.9. The van der Waals surface area contributed by atoms with Gasteiger partial charge in [-0.15, -0.1) is 0 Å². The van der Waals surface area contributed by atoms with Crippen molar-refractivity contribution in [3.05, 3.63) is 46.8 Å². The number of carbonyl (C=O) groups excluding carboxylic acids is 1. The van der Waals surface area contributed by atoms with Gasteiger partial charge in [0.15, 0.2) is 5.78 Å². The zero-order valence-electron chi connectivity index (χ0n) is 17.9. The van der Waals surface area contributed by atoms with Crippen LogP contribution in [0.5, 0.6) is 0 Å². The van der Waals surface area contributed by atoms with E-state index in [0.717, 1.165) is 25.0 Å². The molecule has 0 aliphatic heterocycles. The van der Waals surface area contributed by atoms with Gasteiger partial charge >= 0.3 is 0 Å². The highest BCUT2D eigenvalue weighted by molar-refractivity contribution is 6.04. The molecule has 2 atom stereocenters. The molecule has 148 valence electrons. The molecule has 0 spiro atoms. The molecule has 2 unspecified atom stereocenters. The second-order valence-electron chi connectivity index (χ2n) is 7.80. The molecule has 0 radical (unpaired) electrons. The van der Waals surface area contributed by atoms with Crippen molar-refractivity contribution >= 4 is 5.78 Å². The fourth-order valence-corrected chi connectivity index (χ4v) is 3.00. The third-order valence-corrected chi connectivity index (χ3v) is 4.50. The van der Waals surface area contributed by atoms with Gasteiger partial charge in [0.1, 0.15) is 5.76 Å². The maximum Gasteiger partial charge on any atom is 0.170 e. The summed E-state index contributed by atoms with van der Waals surface area (Å²) in [6, 6.07) is 0. The van der Waals surface area contributed by atoms with E-state index in [1.807, 2.05) is 34.6 Å². The number of allylic oxidation sites excluding steroid dienone is 7. The zero-order valence-corrected chi connectivity index (χ0v) is 17.9. The molecule has 26 heavy (non-hydrogen) atoms. The first-order chi connectivity index (χ1) is 12.1. The number of rotatable bonds is 7. The van der Waals surface area contributed by atoms with E-state index in [4.69, 9.17) is 5.73 Å². The smallest absolute Gasteiger partial charge is 0.170 e. The summed E-state index contributed by atoms with van der Waals surface area (Å²) in [7, 11) is 0. The van der Waals surface area contributed by atoms with Gasteiger partial charge in [0.2, 0.25) is 0 Å². The van der Waals surface area contributed by atoms with Gasteiger partial charge in [-0.05, 0) is 65.0 Å². The Kier molecular flexibility index (Phi) is 11.2. The molecule has 0 amide bonds. The molecule has 0 bridgehead atoms. The number of Topliss-reactive ketones (excluding diaryl/α,β-unsaturated/α-hetero) is 1. The topological polar surface area (TPSA) is 63.3 Å². The van der Waals surface area contributed by atoms with Crippen molar-refractivity contribution in [1.29, 1.82) is 0 Å². The highest BCUT2D eigenvalue weighted by Gasteiger charge is 2.42. The molecule has 1 rings (SSSR count). The Bertz CT molecular complexity index is 571. The number of hydrogen-bond donors (Lipinski definition) is 2. The lowest BCUT2D eigenvalue weighted by atomic mass is 9.85. The Morgan fingerprint density at radius 2 is 1.65 bits per heavy atom. The summed E-state index contributed by atoms with van der Waals surface area (Å²) in [5.74, 6) is 0.265. The van der Waals surface area contributed by atoms with Gasteiger partial charge in [0.25, 0.3) is 0 Å². The fourth-order valence-electron chi connectivity index (χ4n) is 3.00. The Balaban J connectivity index is 0.00000194. The lowest BCUT2D eigenvalue weighted by Gasteiger charge is -2.17. The maximum absolute atomic E-state index is 12.9. The van der Waals surface area contributed by atoms with E-state index >= 15 is 0 Å². The van der Waals surface area contributed by atoms with E-state index in [1.54, 1.807) is 0 Å². The number of hydrogen-bond acceptors (Lipinski definition) is 3. The predicted molar refractivity (Wildman–Crippen MR) is 113 cm³/mol. The monoisotopic (exact) mass is 361 g/mol. The molecule has 0 saturated heterocycles. The van der Waals surface area contributed by atoms with Gasteiger partial charge in [0.05, 0.1) is 5.57 Å². The average Bonchev–Trinajstić information content (AvgIpc) is 2.75. The van der Waals surface area contributed by atoms with Crippen LogP contribution in [0.1, 0.15) is 67.7 Å². The Morgan fingerprint density at radius 1 is 1.15 bits per heavy atom. The Morgan fingerprint density at radius 3 is 2.08 bits per heavy atom. The standard InChI is InChI=1S/C21H32O2.C2H7N/c1-13(2)9-8-10-17-18(12-11-14(3)4)21(23)19(20(17)22)16(7)15(5)6;1-2-3/h9,11,15,17-18,23H,7-8,10,12H2,1-6H3;2-3H2,1H3. The van der Waals surface area contributed by atoms with Crippen LogP contribution in [0.15, 0.2) is 46.8 Å². The summed E-state index contributed by atoms with van der Waals surface area (Å²) < 4.78 is 0. The molecule has 1 aliphatic rings. The minimum absolute atomic E-state index is 0.0792. The number of aliphatic hydroxyl groups excluding tert-OH is 1. The molecule has 3 nitrogen and oxygen atoms in total. The molecule has 3 heteroatoms. The minimum atomic E-state index is -0.133. The maximum atomic E-state index is 12.9. The van der Waals surface area contributed by atoms with Gasteiger partial charge in [0, 0.05) is 11.8 Å². The number of nitrogens with two attached hydrogens (primary N) is 1. The molecule has 1 aliphatic carbocycles. The molecule has 0 fully saturated rings. The van der Waals surface area contributed by atoms with Crippen LogP contribution >= 0.6 is 0 Å². The van der Waals surface area contributed by atoms with Crippen LogP contribution in [0.4, 0.5) is 0 Å². The van der Waals surface area contributed by atoms with Gasteiger partial charge in [-0.1, -0.05) is 50.6 Å². The Labute approximate surface area is 160 Å². The zero-order chi connectivity index (χ0) is 20.4. The second kappa shape index (κ2) is 11.9. The van der Waals surface area contributed by atoms with Gasteiger partial charge < -0.3 is 10.8 Å². The molecule has 0 saturated carbocycles. The number of aliphatic hydroxyl groups is 1. The molecule has 0 aromatic heterocycles. The highest BCUT2D eigenvalue weighted by Crippen LogP contribution is 2.42. The molecule has 0 aromatic rings. The molecular weight excluding hydrogens is 322 g/mol. The Hall–Kier alpha value is -1.61. The minimum Gasteiger partial charge on any atom is -0.511 e. The van der Waals surface area contributed by atoms with Crippen LogP contribution in [0, 0.1) is 17.8 Å². The summed E-state index contributed by atoms with van der Waals surface area (Å²) in [5, 5.41) is 10.7. The van der Waals surface area contributed by atoms with Gasteiger partial charge in [-0.3, -0.25) is 4.79 Å². The third-order valence-electron chi connectivity index (χ3n) is 4.50.